The predicted molar refractivity (Wildman–Crippen MR) is 78.5 cm³/mol. The number of benzene rings is 1. The van der Waals surface area contributed by atoms with Crippen LogP contribution in [0.4, 0.5) is 5.69 Å². The highest BCUT2D eigenvalue weighted by Gasteiger charge is 2.23. The van der Waals surface area contributed by atoms with E-state index in [9.17, 15) is 8.42 Å². The molecule has 2 heterocycles. The summed E-state index contributed by atoms with van der Waals surface area (Å²) in [6.45, 7) is 1.51. The van der Waals surface area contributed by atoms with Crippen LogP contribution in [0.25, 0.3) is 10.9 Å². The Hall–Kier alpha value is -1.57. The molecule has 1 fully saturated rings. The Balaban J connectivity index is 1.94. The Morgan fingerprint density at radius 2 is 1.95 bits per heavy atom. The summed E-state index contributed by atoms with van der Waals surface area (Å²) in [6, 6.07) is 5.20. The molecule has 1 aromatic carbocycles. The second kappa shape index (κ2) is 5.08. The maximum atomic E-state index is 12.5. The first-order valence-electron chi connectivity index (χ1n) is 6.70. The van der Waals surface area contributed by atoms with Crippen LogP contribution in [0.15, 0.2) is 29.3 Å². The predicted octanol–water partition coefficient (Wildman–Crippen LogP) is 1.43. The Labute approximate surface area is 118 Å². The van der Waals surface area contributed by atoms with Crippen LogP contribution >= 0.6 is 0 Å². The normalized spacial score (nSPS) is 17.6. The highest BCUT2D eigenvalue weighted by molar-refractivity contribution is 7.89. The smallest absolute Gasteiger partial charge is 0.255 e. The highest BCUT2D eigenvalue weighted by Crippen LogP contribution is 2.25. The highest BCUT2D eigenvalue weighted by atomic mass is 32.2. The van der Waals surface area contributed by atoms with Crippen LogP contribution < -0.4 is 10.6 Å². The van der Waals surface area contributed by atoms with Gasteiger partial charge in [-0.15, -0.1) is 4.83 Å². The number of aromatic nitrogens is 1. The van der Waals surface area contributed by atoms with Crippen LogP contribution in [0.2, 0.25) is 0 Å². The topological polar surface area (TPSA) is 91.2 Å². The fraction of sp³-hybridized carbons (Fsp3) is 0.385. The van der Waals surface area contributed by atoms with Gasteiger partial charge >= 0.3 is 0 Å². The lowest BCUT2D eigenvalue weighted by atomic mass is 10.2. The van der Waals surface area contributed by atoms with E-state index in [4.69, 9.17) is 5.73 Å². The SMILES string of the molecule is Nc1ccc2[nH]cc(S(=O)(=O)NN3CCCCC3)c2c1. The lowest BCUT2D eigenvalue weighted by Gasteiger charge is -2.26. The molecule has 2 aromatic rings. The van der Waals surface area contributed by atoms with Crippen LogP contribution in [0, 0.1) is 0 Å². The van der Waals surface area contributed by atoms with E-state index in [1.165, 1.54) is 6.20 Å². The number of hydrogen-bond acceptors (Lipinski definition) is 4. The number of nitrogen functional groups attached to an aromatic ring is 1. The van der Waals surface area contributed by atoms with Crippen LogP contribution in [0.1, 0.15) is 19.3 Å². The number of nitrogens with two attached hydrogens (primary N) is 1. The molecule has 6 nitrogen and oxygen atoms in total. The van der Waals surface area contributed by atoms with Crippen molar-refractivity contribution in [2.24, 2.45) is 0 Å². The molecule has 1 saturated heterocycles. The third kappa shape index (κ3) is 2.52. The standard InChI is InChI=1S/C13H18N4O2S/c14-10-4-5-12-11(8-10)13(9-15-12)20(18,19)16-17-6-2-1-3-7-17/h4-5,8-9,15-16H,1-3,6-7,14H2. The van der Waals surface area contributed by atoms with Crippen molar-refractivity contribution in [1.29, 1.82) is 0 Å². The molecule has 1 aliphatic heterocycles. The van der Waals surface area contributed by atoms with Crippen LogP contribution in [0.5, 0.6) is 0 Å². The average molecular weight is 294 g/mol. The molecular weight excluding hydrogens is 276 g/mol. The molecule has 20 heavy (non-hydrogen) atoms. The fourth-order valence-corrected chi connectivity index (χ4v) is 3.83. The maximum Gasteiger partial charge on any atom is 0.255 e. The van der Waals surface area contributed by atoms with Crippen molar-refractivity contribution in [1.82, 2.24) is 14.8 Å². The summed E-state index contributed by atoms with van der Waals surface area (Å²) in [4.78, 5) is 5.86. The van der Waals surface area contributed by atoms with Crippen molar-refractivity contribution >= 4 is 26.6 Å². The van der Waals surface area contributed by atoms with Crippen LogP contribution in [-0.4, -0.2) is 31.5 Å². The third-order valence-corrected chi connectivity index (χ3v) is 4.98. The van der Waals surface area contributed by atoms with E-state index in [0.717, 1.165) is 37.9 Å². The summed E-state index contributed by atoms with van der Waals surface area (Å²) < 4.78 is 24.9. The number of hydrogen-bond donors (Lipinski definition) is 3. The summed E-state index contributed by atoms with van der Waals surface area (Å²) in [5.74, 6) is 0. The molecule has 0 bridgehead atoms. The van der Waals surface area contributed by atoms with Gasteiger partial charge in [0, 0.05) is 35.9 Å². The second-order valence-electron chi connectivity index (χ2n) is 5.10. The molecule has 0 aliphatic carbocycles. The second-order valence-corrected chi connectivity index (χ2v) is 6.73. The summed E-state index contributed by atoms with van der Waals surface area (Å²) in [5, 5.41) is 2.39. The zero-order valence-electron chi connectivity index (χ0n) is 11.1. The number of nitrogens with one attached hydrogen (secondary N) is 2. The van der Waals surface area contributed by atoms with Crippen molar-refractivity contribution in [2.45, 2.75) is 24.2 Å². The van der Waals surface area contributed by atoms with Gasteiger partial charge in [0.25, 0.3) is 10.0 Å². The molecule has 7 heteroatoms. The molecule has 4 N–H and O–H groups in total. The van der Waals surface area contributed by atoms with Gasteiger partial charge < -0.3 is 10.7 Å². The lowest BCUT2D eigenvalue weighted by Crippen LogP contribution is -2.44. The number of piperidine rings is 1. The number of anilines is 1. The van der Waals surface area contributed by atoms with E-state index in [1.807, 2.05) is 0 Å². The van der Waals surface area contributed by atoms with Crippen molar-refractivity contribution in [3.8, 4) is 0 Å². The van der Waals surface area contributed by atoms with Gasteiger partial charge in [-0.1, -0.05) is 6.42 Å². The first kappa shape index (κ1) is 13.4. The number of H-pyrrole nitrogens is 1. The van der Waals surface area contributed by atoms with E-state index in [1.54, 1.807) is 23.2 Å². The zero-order valence-corrected chi connectivity index (χ0v) is 11.9. The van der Waals surface area contributed by atoms with Gasteiger partial charge in [-0.3, -0.25) is 0 Å². The fourth-order valence-electron chi connectivity index (χ4n) is 2.54. The molecule has 0 atom stereocenters. The Bertz CT molecular complexity index is 717. The van der Waals surface area contributed by atoms with Gasteiger partial charge in [0.2, 0.25) is 0 Å². The molecule has 0 amide bonds. The number of sulfonamides is 1. The minimum atomic E-state index is -3.57. The summed E-state index contributed by atoms with van der Waals surface area (Å²) in [6.07, 6.45) is 4.70. The number of fused-ring (bicyclic) bond motifs is 1. The van der Waals surface area contributed by atoms with E-state index in [-0.39, 0.29) is 4.90 Å². The van der Waals surface area contributed by atoms with E-state index in [0.29, 0.717) is 11.1 Å². The minimum Gasteiger partial charge on any atom is -0.399 e. The molecule has 1 aromatic heterocycles. The van der Waals surface area contributed by atoms with Gasteiger partial charge in [0.15, 0.2) is 0 Å². The molecule has 108 valence electrons. The van der Waals surface area contributed by atoms with Crippen molar-refractivity contribution in [3.05, 3.63) is 24.4 Å². The molecule has 3 rings (SSSR count). The van der Waals surface area contributed by atoms with E-state index in [2.05, 4.69) is 9.82 Å². The summed E-state index contributed by atoms with van der Waals surface area (Å²) in [5.41, 5.74) is 7.05. The lowest BCUT2D eigenvalue weighted by molar-refractivity contribution is 0.200. The average Bonchev–Trinajstić information content (AvgIpc) is 2.83. The zero-order chi connectivity index (χ0) is 14.2. The Morgan fingerprint density at radius 3 is 2.70 bits per heavy atom. The number of nitrogens with zero attached hydrogens (tertiary/aromatic N) is 1. The molecule has 0 unspecified atom stereocenters. The van der Waals surface area contributed by atoms with E-state index >= 15 is 0 Å². The van der Waals surface area contributed by atoms with E-state index < -0.39 is 10.0 Å². The first-order chi connectivity index (χ1) is 9.56. The summed E-state index contributed by atoms with van der Waals surface area (Å²) in [7, 11) is -3.57. The minimum absolute atomic E-state index is 0.241. The number of rotatable bonds is 3. The molecular formula is C13H18N4O2S. The van der Waals surface area contributed by atoms with Gasteiger partial charge in [-0.25, -0.2) is 13.4 Å². The number of aromatic amines is 1. The monoisotopic (exact) mass is 294 g/mol. The quantitative estimate of drug-likeness (QED) is 0.747. The van der Waals surface area contributed by atoms with Crippen molar-refractivity contribution in [2.75, 3.05) is 18.8 Å². The van der Waals surface area contributed by atoms with Crippen molar-refractivity contribution < 1.29 is 8.42 Å². The third-order valence-electron chi connectivity index (χ3n) is 3.56. The van der Waals surface area contributed by atoms with Gasteiger partial charge in [-0.05, 0) is 31.0 Å². The maximum absolute atomic E-state index is 12.5. The molecule has 0 radical (unpaired) electrons. The van der Waals surface area contributed by atoms with Gasteiger partial charge in [0.05, 0.1) is 0 Å². The number of hydrazine groups is 1. The Kier molecular flexibility index (Phi) is 3.41. The Morgan fingerprint density at radius 1 is 1.20 bits per heavy atom. The van der Waals surface area contributed by atoms with Gasteiger partial charge in [-0.2, -0.15) is 0 Å². The van der Waals surface area contributed by atoms with Crippen molar-refractivity contribution in [3.63, 3.8) is 0 Å². The summed E-state index contributed by atoms with van der Waals surface area (Å²) >= 11 is 0. The molecule has 0 saturated carbocycles. The van der Waals surface area contributed by atoms with Gasteiger partial charge in [0.1, 0.15) is 4.90 Å². The molecule has 0 spiro atoms. The van der Waals surface area contributed by atoms with Crippen LogP contribution in [0.3, 0.4) is 0 Å². The molecule has 1 aliphatic rings. The van der Waals surface area contributed by atoms with Crippen LogP contribution in [-0.2, 0) is 10.0 Å². The first-order valence-corrected chi connectivity index (χ1v) is 8.18. The largest absolute Gasteiger partial charge is 0.399 e.